The smallest absolute Gasteiger partial charge is 0.0675 e. The molecule has 0 bridgehead atoms. The Labute approximate surface area is 83.7 Å². The Morgan fingerprint density at radius 1 is 0.545 bits per heavy atom. The Morgan fingerprint density at radius 2 is 0.545 bits per heavy atom. The van der Waals surface area contributed by atoms with Crippen molar-refractivity contribution < 1.29 is 4.48 Å². The highest BCUT2D eigenvalue weighted by atomic mass is 15.2. The third-order valence-corrected chi connectivity index (χ3v) is 0. The van der Waals surface area contributed by atoms with Crippen molar-refractivity contribution in [2.45, 2.75) is 0 Å². The fourth-order valence-corrected chi connectivity index (χ4v) is 0. The minimum absolute atomic E-state index is 0. The Kier molecular flexibility index (Phi) is 131. The molecule has 0 aliphatic carbocycles. The molecule has 0 amide bonds. The molecule has 0 aromatic heterocycles. The summed E-state index contributed by atoms with van der Waals surface area (Å²) in [7, 11) is 8.50. The predicted octanol–water partition coefficient (Wildman–Crippen LogP) is -3.03. The zero-order valence-electron chi connectivity index (χ0n) is 7.33. The molecule has 0 fully saturated rings. The topological polar surface area (TPSA) is 0 Å². The summed E-state index contributed by atoms with van der Waals surface area (Å²) in [6.45, 7) is 0. The van der Waals surface area contributed by atoms with Gasteiger partial charge in [-0.05, 0) is 0 Å². The molecule has 0 aliphatic rings. The monoisotopic (exact) mass is 144 g/mol. The lowest BCUT2D eigenvalue weighted by atomic mass is 10.8. The van der Waals surface area contributed by atoms with Crippen molar-refractivity contribution in [2.75, 3.05) is 28.2 Å². The summed E-state index contributed by atoms with van der Waals surface area (Å²) in [5.74, 6) is 0. The Hall–Kier alpha value is 0.350. The highest BCUT2D eigenvalue weighted by Crippen LogP contribution is 1.73. The van der Waals surface area contributed by atoms with E-state index in [1.165, 1.54) is 0 Å². The van der Waals surface area contributed by atoms with Crippen LogP contribution in [0.1, 0.15) is 0 Å². The van der Waals surface area contributed by atoms with Crippen LogP contribution < -0.4 is 0 Å². The Bertz CT molecular complexity index is 30.1. The van der Waals surface area contributed by atoms with Gasteiger partial charge in [-0.1, -0.05) is 8.41 Å². The number of hydrogen-bond donors (Lipinski definition) is 0. The molecule has 1 nitrogen and oxygen atoms in total. The Balaban J connectivity index is -0.00000000533. The first kappa shape index (κ1) is 64.3. The van der Waals surface area contributed by atoms with Crippen LogP contribution in [0.4, 0.5) is 0 Å². The molecule has 0 aromatic rings. The lowest BCUT2D eigenvalue weighted by Gasteiger charge is -2.14. The van der Waals surface area contributed by atoms with Crippen LogP contribution in [-0.2, 0) is 0 Å². The Morgan fingerprint density at radius 3 is 0.545 bits per heavy atom. The molecular weight excluding hydrogens is 127 g/mol. The molecule has 0 rings (SSSR count). The van der Waals surface area contributed by atoms with E-state index < -0.39 is 0 Å². The van der Waals surface area contributed by atoms with Gasteiger partial charge in [-0.3, -0.25) is 0 Å². The second-order valence-corrected chi connectivity index (χ2v) is 2.68. The molecule has 0 heterocycles. The normalized spacial score (nSPS) is 5.45. The second kappa shape index (κ2) is 22.4. The SMILES string of the molecule is C[N+](C)(C)C.[BH4-].[B].[B].[B].[B].[B]. The molecule has 0 saturated carbocycles. The van der Waals surface area contributed by atoms with Gasteiger partial charge in [0, 0.05) is 42.1 Å². The number of quaternary nitrogens is 1. The van der Waals surface area contributed by atoms with Crippen LogP contribution in [-0.4, -0.2) is 83.2 Å². The molecule has 0 unspecified atom stereocenters. The van der Waals surface area contributed by atoms with E-state index in [1.807, 2.05) is 0 Å². The summed E-state index contributed by atoms with van der Waals surface area (Å²) >= 11 is 0. The summed E-state index contributed by atoms with van der Waals surface area (Å²) in [4.78, 5) is 0. The van der Waals surface area contributed by atoms with Crippen molar-refractivity contribution in [2.24, 2.45) is 0 Å². The number of hydrogen-bond acceptors (Lipinski definition) is 0. The molecular formula is C4H16B6N. The predicted molar refractivity (Wildman–Crippen MR) is 64.1 cm³/mol. The van der Waals surface area contributed by atoms with Crippen LogP contribution in [0.3, 0.4) is 0 Å². The summed E-state index contributed by atoms with van der Waals surface area (Å²) in [6, 6.07) is 0. The summed E-state index contributed by atoms with van der Waals surface area (Å²) in [6.07, 6.45) is 0. The maximum atomic E-state index is 2.12. The summed E-state index contributed by atoms with van der Waals surface area (Å²) < 4.78 is 1.00. The summed E-state index contributed by atoms with van der Waals surface area (Å²) in [5.41, 5.74) is 0. The third-order valence-electron chi connectivity index (χ3n) is 0. The van der Waals surface area contributed by atoms with Crippen molar-refractivity contribution in [3.8, 4) is 0 Å². The van der Waals surface area contributed by atoms with E-state index in [2.05, 4.69) is 28.2 Å². The van der Waals surface area contributed by atoms with E-state index >= 15 is 0 Å². The third kappa shape index (κ3) is 5900. The molecule has 7 heteroatoms. The van der Waals surface area contributed by atoms with E-state index in [0.717, 1.165) is 4.48 Å². The molecule has 0 saturated heterocycles. The molecule has 0 aliphatic heterocycles. The van der Waals surface area contributed by atoms with Gasteiger partial charge in [0.25, 0.3) is 0 Å². The maximum Gasteiger partial charge on any atom is 0.0675 e. The molecule has 0 N–H and O–H groups in total. The standard InChI is InChI=1S/C4H12N.BH4.5B/c1-5(2,3)4;;;;;;/h1-4H3;1H4;;;;;/q+1;-1;;;;;. The van der Waals surface area contributed by atoms with Gasteiger partial charge in [-0.2, -0.15) is 0 Å². The van der Waals surface area contributed by atoms with Crippen molar-refractivity contribution in [3.05, 3.63) is 0 Å². The van der Waals surface area contributed by atoms with E-state index in [4.69, 9.17) is 0 Å². The molecule has 0 atom stereocenters. The van der Waals surface area contributed by atoms with E-state index in [0.29, 0.717) is 0 Å². The van der Waals surface area contributed by atoms with Gasteiger partial charge in [0.15, 0.2) is 0 Å². The van der Waals surface area contributed by atoms with Crippen LogP contribution >= 0.6 is 0 Å². The molecule has 15 radical (unpaired) electrons. The van der Waals surface area contributed by atoms with Gasteiger partial charge in [0.2, 0.25) is 0 Å². The summed E-state index contributed by atoms with van der Waals surface area (Å²) in [5, 5.41) is 0. The maximum absolute atomic E-state index is 2.12. The van der Waals surface area contributed by atoms with Crippen molar-refractivity contribution in [3.63, 3.8) is 0 Å². The highest BCUT2D eigenvalue weighted by molar-refractivity contribution is 5.76. The zero-order chi connectivity index (χ0) is 4.50. The number of nitrogens with zero attached hydrogens (tertiary/aromatic N) is 1. The second-order valence-electron chi connectivity index (χ2n) is 2.68. The largest absolute Gasteiger partial charge is 0.333 e. The fourth-order valence-electron chi connectivity index (χ4n) is 0. The molecule has 0 aromatic carbocycles. The van der Waals surface area contributed by atoms with Crippen LogP contribution in [0.5, 0.6) is 0 Å². The van der Waals surface area contributed by atoms with Crippen molar-refractivity contribution in [1.29, 1.82) is 0 Å². The van der Waals surface area contributed by atoms with Gasteiger partial charge in [-0.15, -0.1) is 0 Å². The zero-order valence-corrected chi connectivity index (χ0v) is 7.33. The van der Waals surface area contributed by atoms with Gasteiger partial charge >= 0.3 is 0 Å². The van der Waals surface area contributed by atoms with Crippen LogP contribution in [0.15, 0.2) is 0 Å². The quantitative estimate of drug-likeness (QED) is 0.250. The fraction of sp³-hybridized carbons (Fsp3) is 1.00. The molecule has 0 spiro atoms. The lowest BCUT2D eigenvalue weighted by Crippen LogP contribution is -2.27. The number of rotatable bonds is 0. The average molecular weight is 143 g/mol. The van der Waals surface area contributed by atoms with Gasteiger partial charge in [0.1, 0.15) is 0 Å². The van der Waals surface area contributed by atoms with E-state index in [9.17, 15) is 0 Å². The van der Waals surface area contributed by atoms with Crippen LogP contribution in [0.25, 0.3) is 0 Å². The van der Waals surface area contributed by atoms with E-state index in [1.54, 1.807) is 0 Å². The first-order valence-corrected chi connectivity index (χ1v) is 1.79. The van der Waals surface area contributed by atoms with Gasteiger partial charge < -0.3 is 4.48 Å². The van der Waals surface area contributed by atoms with Crippen LogP contribution in [0.2, 0.25) is 0 Å². The minimum Gasteiger partial charge on any atom is -0.333 e. The van der Waals surface area contributed by atoms with Gasteiger partial charge in [-0.25, -0.2) is 0 Å². The highest BCUT2D eigenvalue weighted by Gasteiger charge is 1.88. The lowest BCUT2D eigenvalue weighted by molar-refractivity contribution is -0.849. The van der Waals surface area contributed by atoms with Gasteiger partial charge in [0.05, 0.1) is 28.2 Å². The minimum atomic E-state index is 0. The molecule has 55 valence electrons. The average Bonchev–Trinajstić information content (AvgIpc) is 0.722. The van der Waals surface area contributed by atoms with Crippen molar-refractivity contribution in [1.82, 2.24) is 0 Å². The van der Waals surface area contributed by atoms with Crippen LogP contribution in [0, 0.1) is 0 Å². The van der Waals surface area contributed by atoms with E-state index in [-0.39, 0.29) is 50.5 Å². The first-order valence-electron chi connectivity index (χ1n) is 1.79. The first-order chi connectivity index (χ1) is 2.00. The van der Waals surface area contributed by atoms with Crippen molar-refractivity contribution >= 4 is 50.5 Å². The molecule has 11 heavy (non-hydrogen) atoms.